The van der Waals surface area contributed by atoms with Crippen molar-refractivity contribution in [2.75, 3.05) is 38.7 Å². The lowest BCUT2D eigenvalue weighted by Crippen LogP contribution is -2.34. The number of ether oxygens (including phenoxy) is 1. The second kappa shape index (κ2) is 8.70. The summed E-state index contributed by atoms with van der Waals surface area (Å²) in [5, 5.41) is 5.06. The van der Waals surface area contributed by atoms with E-state index in [4.69, 9.17) is 9.72 Å². The minimum Gasteiger partial charge on any atom is -0.494 e. The molecule has 0 saturated carbocycles. The van der Waals surface area contributed by atoms with Crippen LogP contribution in [0, 0.1) is 6.92 Å². The fraction of sp³-hybridized carbons (Fsp3) is 0.450. The number of rotatable bonds is 8. The molecular weight excluding hydrogens is 374 g/mol. The highest BCUT2D eigenvalue weighted by Crippen LogP contribution is 2.32. The van der Waals surface area contributed by atoms with E-state index in [1.54, 1.807) is 9.58 Å². The minimum atomic E-state index is -0.110. The molecule has 28 heavy (non-hydrogen) atoms. The highest BCUT2D eigenvalue weighted by Gasteiger charge is 2.24. The zero-order chi connectivity index (χ0) is 20.3. The third kappa shape index (κ3) is 4.51. The van der Waals surface area contributed by atoms with Crippen LogP contribution in [0.25, 0.3) is 10.2 Å². The van der Waals surface area contributed by atoms with Gasteiger partial charge in [-0.05, 0) is 59.1 Å². The average molecular weight is 402 g/mol. The molecule has 0 fully saturated rings. The van der Waals surface area contributed by atoms with Crippen LogP contribution in [0.5, 0.6) is 5.75 Å². The molecule has 0 bridgehead atoms. The van der Waals surface area contributed by atoms with Crippen LogP contribution < -0.4 is 9.64 Å². The summed E-state index contributed by atoms with van der Waals surface area (Å²) in [6, 6.07) is 5.83. The highest BCUT2D eigenvalue weighted by molar-refractivity contribution is 7.22. The number of anilines is 1. The van der Waals surface area contributed by atoms with Crippen molar-refractivity contribution < 1.29 is 9.53 Å². The Bertz CT molecular complexity index is 963. The third-order valence-corrected chi connectivity index (χ3v) is 5.38. The Kier molecular flexibility index (Phi) is 6.31. The van der Waals surface area contributed by atoms with E-state index in [-0.39, 0.29) is 5.91 Å². The van der Waals surface area contributed by atoms with Gasteiger partial charge in [0.15, 0.2) is 10.8 Å². The molecule has 0 N–H and O–H groups in total. The molecule has 0 atom stereocenters. The first-order chi connectivity index (χ1) is 13.4. The first-order valence-electron chi connectivity index (χ1n) is 9.39. The van der Waals surface area contributed by atoms with Crippen LogP contribution in [0.2, 0.25) is 0 Å². The van der Waals surface area contributed by atoms with Crippen molar-refractivity contribution in [3.05, 3.63) is 35.7 Å². The molecule has 150 valence electrons. The van der Waals surface area contributed by atoms with E-state index in [0.717, 1.165) is 34.5 Å². The predicted molar refractivity (Wildman–Crippen MR) is 114 cm³/mol. The Hall–Kier alpha value is -2.45. The molecule has 0 saturated heterocycles. The van der Waals surface area contributed by atoms with Gasteiger partial charge in [0.05, 0.1) is 16.8 Å². The molecule has 8 heteroatoms. The Balaban J connectivity index is 1.94. The number of aryl methyl sites for hydroxylation is 2. The minimum absolute atomic E-state index is 0.110. The van der Waals surface area contributed by atoms with Gasteiger partial charge in [0.1, 0.15) is 5.75 Å². The van der Waals surface area contributed by atoms with E-state index in [0.29, 0.717) is 24.0 Å². The van der Waals surface area contributed by atoms with Gasteiger partial charge in [-0.1, -0.05) is 11.3 Å². The molecule has 7 nitrogen and oxygen atoms in total. The first kappa shape index (κ1) is 20.3. The summed E-state index contributed by atoms with van der Waals surface area (Å²) in [5.74, 6) is 0.706. The lowest BCUT2D eigenvalue weighted by molar-refractivity contribution is 0.0980. The van der Waals surface area contributed by atoms with Crippen molar-refractivity contribution in [2.45, 2.75) is 20.3 Å². The van der Waals surface area contributed by atoms with Crippen LogP contribution in [-0.2, 0) is 7.05 Å². The smallest absolute Gasteiger partial charge is 0.280 e. The molecule has 2 aromatic heterocycles. The van der Waals surface area contributed by atoms with Gasteiger partial charge in [0.25, 0.3) is 5.91 Å². The Labute approximate surface area is 169 Å². The van der Waals surface area contributed by atoms with E-state index in [1.807, 2.05) is 59.4 Å². The number of hydrogen-bond donors (Lipinski definition) is 0. The van der Waals surface area contributed by atoms with Gasteiger partial charge in [-0.15, -0.1) is 0 Å². The highest BCUT2D eigenvalue weighted by atomic mass is 32.1. The van der Waals surface area contributed by atoms with Crippen molar-refractivity contribution in [3.8, 4) is 5.75 Å². The van der Waals surface area contributed by atoms with Crippen molar-refractivity contribution in [3.63, 3.8) is 0 Å². The number of fused-ring (bicyclic) bond motifs is 1. The zero-order valence-electron chi connectivity index (χ0n) is 17.1. The number of amides is 1. The molecule has 3 rings (SSSR count). The average Bonchev–Trinajstić information content (AvgIpc) is 3.20. The van der Waals surface area contributed by atoms with Crippen LogP contribution in [0.15, 0.2) is 24.4 Å². The number of aromatic nitrogens is 3. The lowest BCUT2D eigenvalue weighted by atomic mass is 10.2. The topological polar surface area (TPSA) is 63.5 Å². The van der Waals surface area contributed by atoms with Crippen LogP contribution >= 0.6 is 11.3 Å². The van der Waals surface area contributed by atoms with E-state index >= 15 is 0 Å². The largest absolute Gasteiger partial charge is 0.494 e. The number of hydrogen-bond acceptors (Lipinski definition) is 6. The fourth-order valence-electron chi connectivity index (χ4n) is 3.04. The number of benzene rings is 1. The van der Waals surface area contributed by atoms with Gasteiger partial charge in [-0.3, -0.25) is 14.4 Å². The van der Waals surface area contributed by atoms with Gasteiger partial charge in [-0.25, -0.2) is 4.98 Å². The maximum absolute atomic E-state index is 13.3. The van der Waals surface area contributed by atoms with E-state index < -0.39 is 0 Å². The van der Waals surface area contributed by atoms with E-state index in [9.17, 15) is 4.79 Å². The number of carbonyl (C=O) groups is 1. The monoisotopic (exact) mass is 401 g/mol. The summed E-state index contributed by atoms with van der Waals surface area (Å²) in [7, 11) is 5.89. The maximum atomic E-state index is 13.3. The van der Waals surface area contributed by atoms with Crippen molar-refractivity contribution in [1.82, 2.24) is 19.7 Å². The predicted octanol–water partition coefficient (Wildman–Crippen LogP) is 3.34. The van der Waals surface area contributed by atoms with Crippen LogP contribution in [-0.4, -0.2) is 59.4 Å². The molecular formula is C20H27N5O2S. The van der Waals surface area contributed by atoms with Gasteiger partial charge in [0.2, 0.25) is 0 Å². The van der Waals surface area contributed by atoms with Crippen molar-refractivity contribution in [2.24, 2.45) is 7.05 Å². The number of carbonyl (C=O) groups excluding carboxylic acids is 1. The summed E-state index contributed by atoms with van der Waals surface area (Å²) >= 11 is 1.51. The molecule has 1 aromatic carbocycles. The second-order valence-corrected chi connectivity index (χ2v) is 8.02. The number of thiazole rings is 1. The fourth-order valence-corrected chi connectivity index (χ4v) is 4.06. The standard InChI is InChI=1S/C20H27N5O2S/c1-6-27-15-8-9-16-17(12-15)28-20(21-16)25(11-7-10-23(3)4)19(26)18-14(2)13-24(5)22-18/h8-9,12-13H,6-7,10-11H2,1-5H3. The van der Waals surface area contributed by atoms with Crippen molar-refractivity contribution >= 4 is 32.6 Å². The zero-order valence-corrected chi connectivity index (χ0v) is 17.9. The third-order valence-electron chi connectivity index (χ3n) is 4.34. The first-order valence-corrected chi connectivity index (χ1v) is 10.2. The molecule has 0 aliphatic heterocycles. The quantitative estimate of drug-likeness (QED) is 0.579. The normalized spacial score (nSPS) is 11.4. The summed E-state index contributed by atoms with van der Waals surface area (Å²) in [5.41, 5.74) is 2.21. The van der Waals surface area contributed by atoms with E-state index in [1.165, 1.54) is 11.3 Å². The number of nitrogens with zero attached hydrogens (tertiary/aromatic N) is 5. The Morgan fingerprint density at radius 3 is 2.71 bits per heavy atom. The van der Waals surface area contributed by atoms with Gasteiger partial charge >= 0.3 is 0 Å². The molecule has 2 heterocycles. The summed E-state index contributed by atoms with van der Waals surface area (Å²) in [6.07, 6.45) is 2.71. The summed E-state index contributed by atoms with van der Waals surface area (Å²) in [4.78, 5) is 21.9. The second-order valence-electron chi connectivity index (χ2n) is 7.01. The molecule has 0 aliphatic carbocycles. The molecule has 3 aromatic rings. The van der Waals surface area contributed by atoms with Gasteiger partial charge in [-0.2, -0.15) is 5.10 Å². The van der Waals surface area contributed by atoms with Gasteiger partial charge < -0.3 is 9.64 Å². The van der Waals surface area contributed by atoms with E-state index in [2.05, 4.69) is 10.00 Å². The Morgan fingerprint density at radius 1 is 1.29 bits per heavy atom. The Morgan fingerprint density at radius 2 is 2.07 bits per heavy atom. The van der Waals surface area contributed by atoms with Gasteiger partial charge in [0, 0.05) is 25.4 Å². The van der Waals surface area contributed by atoms with Crippen molar-refractivity contribution in [1.29, 1.82) is 0 Å². The summed E-state index contributed by atoms with van der Waals surface area (Å²) in [6.45, 7) is 5.97. The van der Waals surface area contributed by atoms with Crippen LogP contribution in [0.4, 0.5) is 5.13 Å². The molecule has 1 amide bonds. The van der Waals surface area contributed by atoms with Crippen LogP contribution in [0.3, 0.4) is 0 Å². The molecule has 0 aliphatic rings. The van der Waals surface area contributed by atoms with Crippen LogP contribution in [0.1, 0.15) is 29.4 Å². The SMILES string of the molecule is CCOc1ccc2nc(N(CCCN(C)C)C(=O)c3nn(C)cc3C)sc2c1. The maximum Gasteiger partial charge on any atom is 0.280 e. The lowest BCUT2D eigenvalue weighted by Gasteiger charge is -2.20. The molecule has 0 spiro atoms. The summed E-state index contributed by atoms with van der Waals surface area (Å²) < 4.78 is 8.27. The molecule has 0 unspecified atom stereocenters. The molecule has 0 radical (unpaired) electrons.